The van der Waals surface area contributed by atoms with Crippen molar-refractivity contribution in [3.63, 3.8) is 0 Å². The molecule has 12 heteroatoms. The molecule has 3 aromatic rings. The molecular weight excluding hydrogens is 617 g/mol. The van der Waals surface area contributed by atoms with Crippen molar-refractivity contribution in [2.24, 2.45) is 5.41 Å². The smallest absolute Gasteiger partial charge is 0.243 e. The van der Waals surface area contributed by atoms with Gasteiger partial charge in [0.1, 0.15) is 23.1 Å². The number of hydrogen-bond acceptors (Lipinski definition) is 9. The van der Waals surface area contributed by atoms with E-state index >= 15 is 0 Å². The standard InChI is InChI=1S/C33H39Cl2N5O5/c1-6-28(41)38-22-7-8-44-15-24(22)37-27-10-21-20(14-36-27)9-23(29-30(34)25(42-4)11-26(43-5)31(29)35)39-32(21)40-16-33(17-40)12-18(2)45-19(3)13-33/h6,9-11,14,18-19,22,24H,1,7-8,12-13,15-17H2,2-5H3,(H,36,37)(H,38,41)/t18?,19?,22-,24+/m0/s1. The number of carbonyl (C=O) groups is 1. The van der Waals surface area contributed by atoms with Gasteiger partial charge in [-0.05, 0) is 51.3 Å². The van der Waals surface area contributed by atoms with Crippen LogP contribution < -0.4 is 25.0 Å². The third-order valence-corrected chi connectivity index (χ3v) is 9.73. The third-order valence-electron chi connectivity index (χ3n) is 8.98. The van der Waals surface area contributed by atoms with E-state index in [2.05, 4.69) is 36.0 Å². The van der Waals surface area contributed by atoms with E-state index in [1.54, 1.807) is 20.3 Å². The van der Waals surface area contributed by atoms with Gasteiger partial charge in [0.25, 0.3) is 0 Å². The number of methoxy groups -OCH3 is 2. The number of benzene rings is 1. The van der Waals surface area contributed by atoms with Crippen LogP contribution in [-0.4, -0.2) is 80.7 Å². The highest BCUT2D eigenvalue weighted by Crippen LogP contribution is 2.49. The molecule has 6 rings (SSSR count). The molecule has 5 heterocycles. The van der Waals surface area contributed by atoms with E-state index in [-0.39, 0.29) is 35.6 Å². The summed E-state index contributed by atoms with van der Waals surface area (Å²) in [6, 6.07) is 5.33. The quantitative estimate of drug-likeness (QED) is 0.287. The van der Waals surface area contributed by atoms with E-state index in [1.807, 2.05) is 18.3 Å². The van der Waals surface area contributed by atoms with Gasteiger partial charge in [0.15, 0.2) is 0 Å². The lowest BCUT2D eigenvalue weighted by atomic mass is 9.70. The van der Waals surface area contributed by atoms with Crippen LogP contribution in [0.25, 0.3) is 22.0 Å². The van der Waals surface area contributed by atoms with Gasteiger partial charge in [-0.15, -0.1) is 0 Å². The maximum absolute atomic E-state index is 12.1. The monoisotopic (exact) mass is 655 g/mol. The molecular formula is C33H39Cl2N5O5. The number of halogens is 2. The molecule has 3 aliphatic heterocycles. The molecule has 3 saturated heterocycles. The summed E-state index contributed by atoms with van der Waals surface area (Å²) in [4.78, 5) is 24.4. The number of rotatable bonds is 8. The van der Waals surface area contributed by atoms with E-state index in [4.69, 9.17) is 52.1 Å². The van der Waals surface area contributed by atoms with Crippen LogP contribution in [-0.2, 0) is 14.3 Å². The lowest BCUT2D eigenvalue weighted by molar-refractivity contribution is -0.117. The highest BCUT2D eigenvalue weighted by molar-refractivity contribution is 6.41. The molecule has 4 atom stereocenters. The Hall–Kier alpha value is -3.31. The minimum atomic E-state index is -0.214. The van der Waals surface area contributed by atoms with Gasteiger partial charge >= 0.3 is 0 Å². The largest absolute Gasteiger partial charge is 0.495 e. The summed E-state index contributed by atoms with van der Waals surface area (Å²) >= 11 is 13.7. The summed E-state index contributed by atoms with van der Waals surface area (Å²) in [5.74, 6) is 2.14. The first-order chi connectivity index (χ1) is 21.6. The lowest BCUT2D eigenvalue weighted by Gasteiger charge is -2.55. The van der Waals surface area contributed by atoms with Crippen LogP contribution in [0.4, 0.5) is 11.6 Å². The molecule has 0 radical (unpaired) electrons. The van der Waals surface area contributed by atoms with Crippen LogP contribution in [0.2, 0.25) is 10.0 Å². The SMILES string of the molecule is C=CC(=O)N[C@H]1CCOC[C@H]1Nc1cc2c(N3CC4(CC(C)OC(C)C4)C3)nc(-c3c(Cl)c(OC)cc(OC)c3Cl)cc2cn1. The number of nitrogens with zero attached hydrogens (tertiary/aromatic N) is 3. The molecule has 3 aliphatic rings. The van der Waals surface area contributed by atoms with E-state index < -0.39 is 0 Å². The van der Waals surface area contributed by atoms with E-state index in [9.17, 15) is 4.79 Å². The van der Waals surface area contributed by atoms with Gasteiger partial charge in [-0.2, -0.15) is 0 Å². The Morgan fingerprint density at radius 2 is 1.78 bits per heavy atom. The number of amides is 1. The van der Waals surface area contributed by atoms with Gasteiger partial charge in [0.05, 0.1) is 60.9 Å². The number of pyridine rings is 2. The Morgan fingerprint density at radius 1 is 1.09 bits per heavy atom. The number of hydrogen-bond donors (Lipinski definition) is 2. The van der Waals surface area contributed by atoms with Crippen molar-refractivity contribution in [2.45, 2.75) is 57.4 Å². The second-order valence-corrected chi connectivity index (χ2v) is 13.1. The fourth-order valence-electron chi connectivity index (χ4n) is 7.14. The minimum Gasteiger partial charge on any atom is -0.495 e. The van der Waals surface area contributed by atoms with Crippen molar-refractivity contribution in [2.75, 3.05) is 50.7 Å². The molecule has 0 saturated carbocycles. The van der Waals surface area contributed by atoms with Crippen molar-refractivity contribution in [3.8, 4) is 22.8 Å². The highest BCUT2D eigenvalue weighted by atomic mass is 35.5. The van der Waals surface area contributed by atoms with Crippen molar-refractivity contribution >= 4 is 51.5 Å². The second-order valence-electron chi connectivity index (χ2n) is 12.4. The molecule has 3 fully saturated rings. The summed E-state index contributed by atoms with van der Waals surface area (Å²) in [7, 11) is 3.10. The number of ether oxygens (including phenoxy) is 4. The van der Waals surface area contributed by atoms with Crippen LogP contribution in [0.3, 0.4) is 0 Å². The zero-order valence-electron chi connectivity index (χ0n) is 26.0. The molecule has 45 heavy (non-hydrogen) atoms. The summed E-state index contributed by atoms with van der Waals surface area (Å²) < 4.78 is 22.9. The van der Waals surface area contributed by atoms with Crippen LogP contribution >= 0.6 is 23.2 Å². The van der Waals surface area contributed by atoms with Gasteiger partial charge in [-0.1, -0.05) is 29.8 Å². The average Bonchev–Trinajstić information content (AvgIpc) is 3.00. The van der Waals surface area contributed by atoms with E-state index in [1.165, 1.54) is 6.08 Å². The van der Waals surface area contributed by atoms with Crippen LogP contribution in [0.5, 0.6) is 11.5 Å². The Bertz CT molecular complexity index is 1570. The Morgan fingerprint density at radius 3 is 2.42 bits per heavy atom. The predicted octanol–water partition coefficient (Wildman–Crippen LogP) is 5.89. The summed E-state index contributed by atoms with van der Waals surface area (Å²) in [6.45, 7) is 10.6. The zero-order chi connectivity index (χ0) is 31.9. The van der Waals surface area contributed by atoms with Crippen molar-refractivity contribution in [1.29, 1.82) is 0 Å². The molecule has 2 N–H and O–H groups in total. The Kier molecular flexibility index (Phi) is 9.03. The molecule has 1 amide bonds. The minimum absolute atomic E-state index is 0.123. The molecule has 1 spiro atoms. The van der Waals surface area contributed by atoms with Crippen LogP contribution in [0, 0.1) is 5.41 Å². The lowest BCUT2D eigenvalue weighted by Crippen LogP contribution is -2.61. The number of fused-ring (bicyclic) bond motifs is 1. The van der Waals surface area contributed by atoms with Crippen molar-refractivity contribution in [1.82, 2.24) is 15.3 Å². The molecule has 240 valence electrons. The topological polar surface area (TPSA) is 107 Å². The van der Waals surface area contributed by atoms with Gasteiger partial charge in [-0.25, -0.2) is 9.97 Å². The first kappa shape index (κ1) is 31.7. The fourth-order valence-corrected chi connectivity index (χ4v) is 7.83. The molecule has 2 unspecified atom stereocenters. The maximum Gasteiger partial charge on any atom is 0.243 e. The van der Waals surface area contributed by atoms with Crippen LogP contribution in [0.15, 0.2) is 37.1 Å². The second kappa shape index (κ2) is 12.8. The van der Waals surface area contributed by atoms with Crippen molar-refractivity contribution < 1.29 is 23.7 Å². The molecule has 0 aliphatic carbocycles. The molecule has 1 aromatic carbocycles. The van der Waals surface area contributed by atoms with Crippen LogP contribution in [0.1, 0.15) is 33.1 Å². The summed E-state index contributed by atoms with van der Waals surface area (Å²) in [5, 5.41) is 9.02. The molecule has 10 nitrogen and oxygen atoms in total. The maximum atomic E-state index is 12.1. The summed E-state index contributed by atoms with van der Waals surface area (Å²) in [6.07, 6.45) is 6.21. The first-order valence-electron chi connectivity index (χ1n) is 15.2. The van der Waals surface area contributed by atoms with Gasteiger partial charge < -0.3 is 34.5 Å². The normalized spacial score (nSPS) is 24.2. The fraction of sp³-hybridized carbons (Fsp3) is 0.485. The third kappa shape index (κ3) is 6.25. The average molecular weight is 657 g/mol. The van der Waals surface area contributed by atoms with E-state index in [0.717, 1.165) is 42.5 Å². The van der Waals surface area contributed by atoms with Gasteiger partial charge in [0, 0.05) is 53.7 Å². The zero-order valence-corrected chi connectivity index (χ0v) is 27.5. The number of aromatic nitrogens is 2. The van der Waals surface area contributed by atoms with Gasteiger partial charge in [0.2, 0.25) is 5.91 Å². The summed E-state index contributed by atoms with van der Waals surface area (Å²) in [5.41, 5.74) is 1.29. The number of carbonyl (C=O) groups excluding carboxylic acids is 1. The Labute approximate surface area is 273 Å². The highest BCUT2D eigenvalue weighted by Gasteiger charge is 2.48. The number of nitrogens with one attached hydrogen (secondary N) is 2. The first-order valence-corrected chi connectivity index (χ1v) is 16.0. The predicted molar refractivity (Wildman–Crippen MR) is 177 cm³/mol. The molecule has 0 bridgehead atoms. The number of anilines is 2. The van der Waals surface area contributed by atoms with E-state index in [0.29, 0.717) is 58.3 Å². The van der Waals surface area contributed by atoms with Crippen molar-refractivity contribution in [3.05, 3.63) is 47.1 Å². The Balaban J connectivity index is 1.41. The van der Waals surface area contributed by atoms with Gasteiger partial charge in [-0.3, -0.25) is 4.79 Å². The molecule has 2 aromatic heterocycles.